The van der Waals surface area contributed by atoms with Crippen LogP contribution in [0.25, 0.3) is 0 Å². The number of unbranched alkanes of at least 4 members (excludes halogenated alkanes) is 2. The van der Waals surface area contributed by atoms with Crippen molar-refractivity contribution < 1.29 is 43.9 Å². The van der Waals surface area contributed by atoms with Crippen molar-refractivity contribution in [1.29, 1.82) is 0 Å². The first-order valence-corrected chi connectivity index (χ1v) is 18.5. The van der Waals surface area contributed by atoms with Crippen molar-refractivity contribution in [2.75, 3.05) is 49.8 Å². The molecule has 0 bridgehead atoms. The highest BCUT2D eigenvalue weighted by atomic mass is 32.2. The second-order valence-corrected chi connectivity index (χ2v) is 15.2. The van der Waals surface area contributed by atoms with Gasteiger partial charge < -0.3 is 46.2 Å². The van der Waals surface area contributed by atoms with E-state index in [4.69, 9.17) is 5.11 Å². The van der Waals surface area contributed by atoms with E-state index in [0.717, 1.165) is 18.5 Å². The first kappa shape index (κ1) is 39.8. The highest BCUT2D eigenvalue weighted by Gasteiger charge is 2.49. The molecule has 7 atom stereocenters. The van der Waals surface area contributed by atoms with E-state index >= 15 is 0 Å². The van der Waals surface area contributed by atoms with Gasteiger partial charge in [0.25, 0.3) is 0 Å². The molecule has 13 heteroatoms. The van der Waals surface area contributed by atoms with Crippen molar-refractivity contribution in [3.8, 4) is 0 Å². The van der Waals surface area contributed by atoms with Crippen molar-refractivity contribution >= 4 is 27.1 Å². The van der Waals surface area contributed by atoms with Crippen molar-refractivity contribution in [3.05, 3.63) is 53.6 Å². The van der Waals surface area contributed by atoms with E-state index in [-0.39, 0.29) is 29.5 Å². The Morgan fingerprint density at radius 1 is 1.00 bits per heavy atom. The number of hydrogen-bond donors (Lipinski definition) is 8. The lowest BCUT2D eigenvalue weighted by molar-refractivity contribution is -0.116. The zero-order chi connectivity index (χ0) is 35.6. The maximum Gasteiger partial charge on any atom is 0.224 e. The predicted molar refractivity (Wildman–Crippen MR) is 186 cm³/mol. The first-order chi connectivity index (χ1) is 22.7. The number of carbonyl (C=O) groups is 1. The van der Waals surface area contributed by atoms with Gasteiger partial charge in [-0.05, 0) is 73.7 Å². The van der Waals surface area contributed by atoms with Gasteiger partial charge >= 0.3 is 0 Å². The van der Waals surface area contributed by atoms with E-state index in [1.807, 2.05) is 44.1 Å². The van der Waals surface area contributed by atoms with Crippen LogP contribution in [-0.4, -0.2) is 115 Å². The molecule has 3 rings (SSSR count). The third-order valence-electron chi connectivity index (χ3n) is 9.55. The van der Waals surface area contributed by atoms with Gasteiger partial charge in [-0.2, -0.15) is 0 Å². The second-order valence-electron chi connectivity index (χ2n) is 13.3. The van der Waals surface area contributed by atoms with Gasteiger partial charge in [0.1, 0.15) is 18.3 Å². The van der Waals surface area contributed by atoms with Crippen LogP contribution in [0.3, 0.4) is 0 Å². The second kappa shape index (κ2) is 17.9. The fourth-order valence-electron chi connectivity index (χ4n) is 6.51. The molecule has 1 heterocycles. The molecular formula is C35H55N3O9S. The lowest BCUT2D eigenvalue weighted by Gasteiger charge is -2.39. The van der Waals surface area contributed by atoms with E-state index < -0.39 is 58.3 Å². The van der Waals surface area contributed by atoms with Crippen molar-refractivity contribution in [1.82, 2.24) is 5.32 Å². The van der Waals surface area contributed by atoms with E-state index in [2.05, 4.69) is 17.6 Å². The third kappa shape index (κ3) is 9.75. The SMILES string of the molecule is CCCC[C@]1(CC)CS(=O)(=O)c2ccc(N(C)C)cc2[C@@H](c2cccc(NC(=O)CCCCNCC(O)[C@@H](O)C(O)C(O)CO)c2)[C@H]1O. The third-order valence-corrected chi connectivity index (χ3v) is 11.5. The molecule has 0 saturated heterocycles. The highest BCUT2D eigenvalue weighted by Crippen LogP contribution is 2.49. The Bertz CT molecular complexity index is 1440. The first-order valence-electron chi connectivity index (χ1n) is 16.9. The van der Waals surface area contributed by atoms with Crippen LogP contribution in [0.2, 0.25) is 0 Å². The van der Waals surface area contributed by atoms with Gasteiger partial charge in [0.2, 0.25) is 5.91 Å². The lowest BCUT2D eigenvalue weighted by atomic mass is 9.69. The fourth-order valence-corrected chi connectivity index (χ4v) is 8.76. The van der Waals surface area contributed by atoms with Gasteiger partial charge in [-0.15, -0.1) is 0 Å². The average molecular weight is 694 g/mol. The maximum atomic E-state index is 13.9. The zero-order valence-corrected chi connectivity index (χ0v) is 29.4. The topological polar surface area (TPSA) is 200 Å². The van der Waals surface area contributed by atoms with Crippen LogP contribution in [0.5, 0.6) is 0 Å². The number of fused-ring (bicyclic) bond motifs is 1. The number of sulfone groups is 1. The van der Waals surface area contributed by atoms with Crippen LogP contribution in [0.15, 0.2) is 47.4 Å². The number of carbonyl (C=O) groups excluding carboxylic acids is 1. The van der Waals surface area contributed by atoms with Crippen LogP contribution in [0.4, 0.5) is 11.4 Å². The number of nitrogens with one attached hydrogen (secondary N) is 2. The molecule has 0 aromatic heterocycles. The van der Waals surface area contributed by atoms with Crippen LogP contribution in [0.1, 0.15) is 75.8 Å². The summed E-state index contributed by atoms with van der Waals surface area (Å²) >= 11 is 0. The molecule has 12 nitrogen and oxygen atoms in total. The molecule has 270 valence electrons. The molecule has 3 unspecified atom stereocenters. The quantitative estimate of drug-likeness (QED) is 0.106. The number of aliphatic hydroxyl groups excluding tert-OH is 6. The Kier molecular flexibility index (Phi) is 14.8. The Morgan fingerprint density at radius 3 is 2.35 bits per heavy atom. The Balaban J connectivity index is 1.74. The monoisotopic (exact) mass is 693 g/mol. The number of aliphatic hydroxyl groups is 6. The fraction of sp³-hybridized carbons (Fsp3) is 0.629. The zero-order valence-electron chi connectivity index (χ0n) is 28.5. The van der Waals surface area contributed by atoms with E-state index in [1.165, 1.54) is 0 Å². The summed E-state index contributed by atoms with van der Waals surface area (Å²) in [6, 6.07) is 12.5. The number of hydrogen-bond acceptors (Lipinski definition) is 11. The molecule has 1 aliphatic rings. The Hall–Kier alpha value is -2.62. The van der Waals surface area contributed by atoms with E-state index in [0.29, 0.717) is 49.0 Å². The minimum Gasteiger partial charge on any atom is -0.394 e. The molecule has 0 radical (unpaired) electrons. The van der Waals surface area contributed by atoms with Crippen molar-refractivity contribution in [3.63, 3.8) is 0 Å². The highest BCUT2D eigenvalue weighted by molar-refractivity contribution is 7.91. The summed E-state index contributed by atoms with van der Waals surface area (Å²) in [6.07, 6.45) is -3.17. The molecular weight excluding hydrogens is 638 g/mol. The summed E-state index contributed by atoms with van der Waals surface area (Å²) < 4.78 is 27.8. The standard InChI is InChI=1S/C35H55N3O9S/c1-5-7-16-35(6-2)22-48(46,47)29-15-14-25(38(3)4)19-26(29)31(34(35)45)23-11-10-12-24(18-23)37-30(42)13-8-9-17-36-20-27(40)32(43)33(44)28(41)21-39/h10-12,14-15,18-19,27-28,31-34,36,39-41,43-45H,5-9,13,16-17,20-22H2,1-4H3,(H,37,42)/t27?,28?,31-,32-,33?,34-,35-/m1/s1. The summed E-state index contributed by atoms with van der Waals surface area (Å²) in [4.78, 5) is 15.0. The van der Waals surface area contributed by atoms with Gasteiger partial charge in [-0.3, -0.25) is 4.79 Å². The minimum atomic E-state index is -3.72. The molecule has 1 amide bonds. The lowest BCUT2D eigenvalue weighted by Crippen LogP contribution is -2.49. The van der Waals surface area contributed by atoms with Gasteiger partial charge in [0, 0.05) is 49.8 Å². The Morgan fingerprint density at radius 2 is 1.71 bits per heavy atom. The normalized spacial score (nSPS) is 23.0. The van der Waals surface area contributed by atoms with Crippen molar-refractivity contribution in [2.24, 2.45) is 5.41 Å². The molecule has 0 aliphatic carbocycles. The molecule has 2 aromatic carbocycles. The van der Waals surface area contributed by atoms with Crippen molar-refractivity contribution in [2.45, 2.75) is 100 Å². The smallest absolute Gasteiger partial charge is 0.224 e. The summed E-state index contributed by atoms with van der Waals surface area (Å²) in [7, 11) is 0.0475. The van der Waals surface area contributed by atoms with Gasteiger partial charge in [-0.1, -0.05) is 38.8 Å². The molecule has 1 aliphatic heterocycles. The summed E-state index contributed by atoms with van der Waals surface area (Å²) in [6.45, 7) is 3.62. The predicted octanol–water partition coefficient (Wildman–Crippen LogP) is 1.75. The molecule has 0 fully saturated rings. The summed E-state index contributed by atoms with van der Waals surface area (Å²) in [5, 5.41) is 66.0. The van der Waals surface area contributed by atoms with E-state index in [1.54, 1.807) is 24.3 Å². The number of rotatable bonds is 18. The van der Waals surface area contributed by atoms with Crippen LogP contribution in [-0.2, 0) is 14.6 Å². The number of amides is 1. The number of nitrogens with zero attached hydrogens (tertiary/aromatic N) is 1. The van der Waals surface area contributed by atoms with Gasteiger partial charge in [0.05, 0.1) is 29.5 Å². The molecule has 0 spiro atoms. The molecule has 48 heavy (non-hydrogen) atoms. The van der Waals surface area contributed by atoms with Crippen LogP contribution >= 0.6 is 0 Å². The van der Waals surface area contributed by atoms with E-state index in [9.17, 15) is 38.7 Å². The van der Waals surface area contributed by atoms with Crippen LogP contribution in [0, 0.1) is 5.41 Å². The molecule has 2 aromatic rings. The largest absolute Gasteiger partial charge is 0.394 e. The summed E-state index contributed by atoms with van der Waals surface area (Å²) in [5.74, 6) is -0.991. The Labute approximate surface area is 284 Å². The number of anilines is 2. The minimum absolute atomic E-state index is 0.0550. The summed E-state index contributed by atoms with van der Waals surface area (Å²) in [5.41, 5.74) is 1.77. The van der Waals surface area contributed by atoms with Crippen LogP contribution < -0.4 is 15.5 Å². The van der Waals surface area contributed by atoms with Gasteiger partial charge in [0.15, 0.2) is 9.84 Å². The van der Waals surface area contributed by atoms with Gasteiger partial charge in [-0.25, -0.2) is 8.42 Å². The molecule has 0 saturated carbocycles. The average Bonchev–Trinajstić information content (AvgIpc) is 3.13. The number of benzene rings is 2. The molecule has 8 N–H and O–H groups in total. The maximum absolute atomic E-state index is 13.9.